The minimum Gasteiger partial charge on any atom is -0.506 e. The highest BCUT2D eigenvalue weighted by Crippen LogP contribution is 2.28. The number of hydrogen-bond donors (Lipinski definition) is 2. The number of rotatable bonds is 4. The van der Waals surface area contributed by atoms with E-state index in [1.807, 2.05) is 31.9 Å². The van der Waals surface area contributed by atoms with Crippen molar-refractivity contribution in [2.75, 3.05) is 13.7 Å². The van der Waals surface area contributed by atoms with Crippen molar-refractivity contribution in [3.63, 3.8) is 0 Å². The molecular weight excluding hydrogens is 226 g/mol. The first kappa shape index (κ1) is 13.3. The lowest BCUT2D eigenvalue weighted by molar-refractivity contribution is 0.0728. The summed E-state index contributed by atoms with van der Waals surface area (Å²) in [5, 5.41) is 19.4. The number of likely N-dealkylation sites (N-methyl/N-ethyl adjacent to an activating group) is 1. The van der Waals surface area contributed by atoms with Crippen molar-refractivity contribution in [3.05, 3.63) is 28.8 Å². The van der Waals surface area contributed by atoms with Gasteiger partial charge in [0.1, 0.15) is 5.75 Å². The zero-order chi connectivity index (χ0) is 12.3. The van der Waals surface area contributed by atoms with Gasteiger partial charge in [-0.2, -0.15) is 0 Å². The van der Waals surface area contributed by atoms with Crippen molar-refractivity contribution in [2.45, 2.75) is 25.9 Å². The summed E-state index contributed by atoms with van der Waals surface area (Å²) in [6, 6.07) is 5.28. The summed E-state index contributed by atoms with van der Waals surface area (Å²) in [5.41, 5.74) is 0.436. The molecule has 0 saturated carbocycles. The molecule has 0 atom stereocenters. The van der Waals surface area contributed by atoms with Crippen molar-refractivity contribution >= 4 is 11.6 Å². The molecule has 3 nitrogen and oxygen atoms in total. The van der Waals surface area contributed by atoms with Crippen LogP contribution in [0.4, 0.5) is 0 Å². The fourth-order valence-electron chi connectivity index (χ4n) is 1.28. The fourth-order valence-corrected chi connectivity index (χ4v) is 1.47. The number of benzene rings is 1. The average Bonchev–Trinajstić information content (AvgIpc) is 2.24. The minimum absolute atomic E-state index is 0.0603. The molecule has 1 aromatic rings. The second-order valence-corrected chi connectivity index (χ2v) is 4.98. The standard InChI is InChI=1S/C12H18ClNO2/c1-12(2,8-15)14(3)7-9-5-4-6-10(13)11(9)16/h4-6,15-16H,7-8H2,1-3H3. The van der Waals surface area contributed by atoms with Gasteiger partial charge in [-0.1, -0.05) is 23.7 Å². The van der Waals surface area contributed by atoms with Crippen LogP contribution in [0.25, 0.3) is 0 Å². The van der Waals surface area contributed by atoms with Gasteiger partial charge in [0.05, 0.1) is 11.6 Å². The van der Waals surface area contributed by atoms with Crippen molar-refractivity contribution in [2.24, 2.45) is 0 Å². The van der Waals surface area contributed by atoms with Gasteiger partial charge in [-0.05, 0) is 27.0 Å². The molecule has 0 heterocycles. The fraction of sp³-hybridized carbons (Fsp3) is 0.500. The van der Waals surface area contributed by atoms with E-state index in [1.165, 1.54) is 0 Å². The Kier molecular flexibility index (Phi) is 4.19. The summed E-state index contributed by atoms with van der Waals surface area (Å²) in [6.45, 7) is 4.48. The molecule has 0 bridgehead atoms. The van der Waals surface area contributed by atoms with E-state index in [1.54, 1.807) is 12.1 Å². The van der Waals surface area contributed by atoms with Gasteiger partial charge in [0.2, 0.25) is 0 Å². The third-order valence-electron chi connectivity index (χ3n) is 2.90. The first-order valence-electron chi connectivity index (χ1n) is 5.17. The number of para-hydroxylation sites is 1. The molecule has 90 valence electrons. The molecular formula is C12H18ClNO2. The van der Waals surface area contributed by atoms with Crippen molar-refractivity contribution < 1.29 is 10.2 Å². The van der Waals surface area contributed by atoms with Crippen LogP contribution < -0.4 is 0 Å². The Balaban J connectivity index is 2.85. The van der Waals surface area contributed by atoms with Gasteiger partial charge in [0, 0.05) is 17.6 Å². The van der Waals surface area contributed by atoms with E-state index in [-0.39, 0.29) is 17.9 Å². The Morgan fingerprint density at radius 2 is 2.00 bits per heavy atom. The Morgan fingerprint density at radius 3 is 2.56 bits per heavy atom. The van der Waals surface area contributed by atoms with E-state index < -0.39 is 0 Å². The van der Waals surface area contributed by atoms with E-state index in [0.29, 0.717) is 11.6 Å². The van der Waals surface area contributed by atoms with Crippen LogP contribution in [0.2, 0.25) is 5.02 Å². The topological polar surface area (TPSA) is 43.7 Å². The normalized spacial score (nSPS) is 12.1. The van der Waals surface area contributed by atoms with Crippen LogP contribution in [0.15, 0.2) is 18.2 Å². The number of halogens is 1. The Morgan fingerprint density at radius 1 is 1.38 bits per heavy atom. The summed E-state index contributed by atoms with van der Waals surface area (Å²) < 4.78 is 0. The highest BCUT2D eigenvalue weighted by atomic mass is 35.5. The number of phenolic OH excluding ortho intramolecular Hbond substituents is 1. The van der Waals surface area contributed by atoms with E-state index in [9.17, 15) is 10.2 Å². The minimum atomic E-state index is -0.325. The van der Waals surface area contributed by atoms with Crippen LogP contribution in [0.5, 0.6) is 5.75 Å². The third kappa shape index (κ3) is 2.88. The number of aliphatic hydroxyl groups excluding tert-OH is 1. The molecule has 1 rings (SSSR count). The predicted octanol–water partition coefficient (Wildman–Crippen LogP) is 2.25. The Bertz CT molecular complexity index is 366. The number of aliphatic hydroxyl groups is 1. The molecule has 4 heteroatoms. The van der Waals surface area contributed by atoms with Gasteiger partial charge in [-0.25, -0.2) is 0 Å². The smallest absolute Gasteiger partial charge is 0.138 e. The average molecular weight is 244 g/mol. The third-order valence-corrected chi connectivity index (χ3v) is 3.20. The first-order valence-corrected chi connectivity index (χ1v) is 5.54. The van der Waals surface area contributed by atoms with Crippen molar-refractivity contribution in [1.82, 2.24) is 4.90 Å². The van der Waals surface area contributed by atoms with Crippen LogP contribution >= 0.6 is 11.6 Å². The number of aromatic hydroxyl groups is 1. The van der Waals surface area contributed by atoms with Crippen molar-refractivity contribution in [1.29, 1.82) is 0 Å². The summed E-state index contributed by atoms with van der Waals surface area (Å²) >= 11 is 5.83. The molecule has 1 aromatic carbocycles. The molecule has 0 amide bonds. The van der Waals surface area contributed by atoms with Gasteiger partial charge in [-0.3, -0.25) is 4.90 Å². The van der Waals surface area contributed by atoms with Gasteiger partial charge in [0.15, 0.2) is 0 Å². The SMILES string of the molecule is CN(Cc1cccc(Cl)c1O)C(C)(C)CO. The molecule has 0 unspecified atom stereocenters. The quantitative estimate of drug-likeness (QED) is 0.853. The second kappa shape index (κ2) is 5.04. The van der Waals surface area contributed by atoms with E-state index in [0.717, 1.165) is 5.56 Å². The zero-order valence-electron chi connectivity index (χ0n) is 9.87. The Labute approximate surface area is 101 Å². The summed E-state index contributed by atoms with van der Waals surface area (Å²) in [4.78, 5) is 1.97. The van der Waals surface area contributed by atoms with Gasteiger partial charge < -0.3 is 10.2 Å². The van der Waals surface area contributed by atoms with Crippen LogP contribution in [-0.4, -0.2) is 34.3 Å². The first-order chi connectivity index (χ1) is 7.38. The maximum absolute atomic E-state index is 9.76. The van der Waals surface area contributed by atoms with Crippen LogP contribution in [0, 0.1) is 0 Å². The highest BCUT2D eigenvalue weighted by molar-refractivity contribution is 6.32. The molecule has 0 aliphatic carbocycles. The zero-order valence-corrected chi connectivity index (χ0v) is 10.6. The summed E-state index contributed by atoms with van der Waals surface area (Å²) in [7, 11) is 1.90. The van der Waals surface area contributed by atoms with Crippen LogP contribution in [-0.2, 0) is 6.54 Å². The molecule has 0 aromatic heterocycles. The van der Waals surface area contributed by atoms with Gasteiger partial charge in [-0.15, -0.1) is 0 Å². The Hall–Kier alpha value is -0.770. The lowest BCUT2D eigenvalue weighted by Gasteiger charge is -2.34. The number of phenols is 1. The molecule has 16 heavy (non-hydrogen) atoms. The second-order valence-electron chi connectivity index (χ2n) is 4.57. The summed E-state index contributed by atoms with van der Waals surface area (Å²) in [6.07, 6.45) is 0. The number of nitrogens with zero attached hydrogens (tertiary/aromatic N) is 1. The maximum atomic E-state index is 9.76. The summed E-state index contributed by atoms with van der Waals surface area (Å²) in [5.74, 6) is 0.116. The van der Waals surface area contributed by atoms with E-state index in [2.05, 4.69) is 0 Å². The number of hydrogen-bond acceptors (Lipinski definition) is 3. The van der Waals surface area contributed by atoms with Gasteiger partial charge >= 0.3 is 0 Å². The van der Waals surface area contributed by atoms with E-state index in [4.69, 9.17) is 11.6 Å². The predicted molar refractivity (Wildman–Crippen MR) is 65.7 cm³/mol. The molecule has 0 radical (unpaired) electrons. The van der Waals surface area contributed by atoms with Crippen LogP contribution in [0.3, 0.4) is 0 Å². The molecule has 0 aliphatic heterocycles. The lowest BCUT2D eigenvalue weighted by atomic mass is 10.0. The molecule has 2 N–H and O–H groups in total. The van der Waals surface area contributed by atoms with Crippen LogP contribution in [0.1, 0.15) is 19.4 Å². The molecule has 0 aliphatic rings. The van der Waals surface area contributed by atoms with Gasteiger partial charge in [0.25, 0.3) is 0 Å². The largest absolute Gasteiger partial charge is 0.506 e. The molecule has 0 spiro atoms. The maximum Gasteiger partial charge on any atom is 0.138 e. The molecule has 0 fully saturated rings. The monoisotopic (exact) mass is 243 g/mol. The lowest BCUT2D eigenvalue weighted by Crippen LogP contribution is -2.43. The molecule has 0 saturated heterocycles. The highest BCUT2D eigenvalue weighted by Gasteiger charge is 2.23. The van der Waals surface area contributed by atoms with E-state index >= 15 is 0 Å². The van der Waals surface area contributed by atoms with Crippen molar-refractivity contribution in [3.8, 4) is 5.75 Å².